The van der Waals surface area contributed by atoms with Crippen LogP contribution in [0, 0.1) is 11.3 Å². The Bertz CT molecular complexity index is 1320. The van der Waals surface area contributed by atoms with E-state index in [4.69, 9.17) is 10.00 Å². The van der Waals surface area contributed by atoms with Crippen LogP contribution in [-0.4, -0.2) is 25.9 Å². The number of rotatable bonds is 4. The first-order chi connectivity index (χ1) is 14.3. The van der Waals surface area contributed by atoms with Crippen molar-refractivity contribution < 1.29 is 22.6 Å². The molecule has 0 unspecified atom stereocenters. The first kappa shape index (κ1) is 19.0. The number of nitrogens with one attached hydrogen (secondary N) is 1. The van der Waals surface area contributed by atoms with E-state index in [1.54, 1.807) is 30.5 Å². The molecule has 4 aromatic rings. The minimum absolute atomic E-state index is 0.0144. The molecule has 0 amide bonds. The van der Waals surface area contributed by atoms with Gasteiger partial charge in [0.05, 0.1) is 23.0 Å². The van der Waals surface area contributed by atoms with Crippen molar-refractivity contribution in [3.8, 4) is 29.1 Å². The van der Waals surface area contributed by atoms with Gasteiger partial charge >= 0.3 is 12.1 Å². The topological polar surface area (TPSA) is 106 Å². The van der Waals surface area contributed by atoms with Gasteiger partial charge in [-0.1, -0.05) is 0 Å². The van der Waals surface area contributed by atoms with Crippen molar-refractivity contribution in [2.24, 2.45) is 0 Å². The van der Waals surface area contributed by atoms with Gasteiger partial charge in [0, 0.05) is 18.3 Å². The summed E-state index contributed by atoms with van der Waals surface area (Å²) in [7, 11) is 0. The average molecular weight is 413 g/mol. The van der Waals surface area contributed by atoms with Gasteiger partial charge in [-0.2, -0.15) is 5.26 Å². The van der Waals surface area contributed by atoms with E-state index in [0.717, 1.165) is 12.1 Å². The average Bonchev–Trinajstić information content (AvgIpc) is 3.03. The van der Waals surface area contributed by atoms with E-state index in [9.17, 15) is 18.0 Å². The van der Waals surface area contributed by atoms with Crippen LogP contribution in [0.2, 0.25) is 0 Å². The highest BCUT2D eigenvalue weighted by Crippen LogP contribution is 2.31. The summed E-state index contributed by atoms with van der Waals surface area (Å²) in [5.74, 6) is -0.641. The second-order valence-electron chi connectivity index (χ2n) is 5.91. The molecule has 0 aliphatic heterocycles. The number of imidazole rings is 1. The van der Waals surface area contributed by atoms with Gasteiger partial charge in [0.2, 0.25) is 5.88 Å². The van der Waals surface area contributed by atoms with Crippen LogP contribution in [0.15, 0.2) is 59.7 Å². The lowest BCUT2D eigenvalue weighted by Gasteiger charge is -2.12. The van der Waals surface area contributed by atoms with E-state index in [0.29, 0.717) is 16.9 Å². The molecular weight excluding hydrogens is 403 g/mol. The van der Waals surface area contributed by atoms with Gasteiger partial charge in [0.15, 0.2) is 11.4 Å². The van der Waals surface area contributed by atoms with Crippen LogP contribution in [0.1, 0.15) is 5.56 Å². The number of hydrogen-bond acceptors (Lipinski definition) is 6. The number of halogens is 3. The molecule has 1 aromatic carbocycles. The standard InChI is InChI=1S/C19H10F3N5O3/c20-19(21,22)30-15-8-13(5-3-11(15)9-23)29-16-6-4-12(10-25-16)27-17-14(26-18(27)28)2-1-7-24-17/h1-8,10H,(H,26,28). The summed E-state index contributed by atoms with van der Waals surface area (Å²) >= 11 is 0. The van der Waals surface area contributed by atoms with Crippen molar-refractivity contribution in [3.63, 3.8) is 0 Å². The van der Waals surface area contributed by atoms with Crippen LogP contribution >= 0.6 is 0 Å². The third-order valence-corrected chi connectivity index (χ3v) is 3.94. The molecule has 0 saturated heterocycles. The zero-order valence-electron chi connectivity index (χ0n) is 14.8. The fraction of sp³-hybridized carbons (Fsp3) is 0.0526. The van der Waals surface area contributed by atoms with E-state index >= 15 is 0 Å². The number of benzene rings is 1. The Balaban J connectivity index is 1.61. The second kappa shape index (κ2) is 7.25. The molecule has 3 aromatic heterocycles. The number of pyridine rings is 2. The van der Waals surface area contributed by atoms with Crippen molar-refractivity contribution in [3.05, 3.63) is 70.9 Å². The maximum atomic E-state index is 12.5. The lowest BCUT2D eigenvalue weighted by molar-refractivity contribution is -0.274. The third kappa shape index (κ3) is 3.79. The number of aromatic nitrogens is 4. The van der Waals surface area contributed by atoms with Crippen LogP contribution < -0.4 is 15.2 Å². The number of hydrogen-bond donors (Lipinski definition) is 1. The lowest BCUT2D eigenvalue weighted by atomic mass is 10.2. The predicted molar refractivity (Wildman–Crippen MR) is 97.4 cm³/mol. The van der Waals surface area contributed by atoms with Crippen molar-refractivity contribution in [1.29, 1.82) is 5.26 Å². The molecule has 4 rings (SSSR count). The molecule has 0 aliphatic rings. The Morgan fingerprint density at radius 3 is 2.67 bits per heavy atom. The van der Waals surface area contributed by atoms with Gasteiger partial charge in [0.25, 0.3) is 0 Å². The van der Waals surface area contributed by atoms with Crippen molar-refractivity contribution in [2.75, 3.05) is 0 Å². The van der Waals surface area contributed by atoms with Gasteiger partial charge in [-0.25, -0.2) is 19.3 Å². The SMILES string of the molecule is N#Cc1ccc(Oc2ccc(-n3c(=O)[nH]c4cccnc43)cn2)cc1OC(F)(F)F. The van der Waals surface area contributed by atoms with Gasteiger partial charge in [0.1, 0.15) is 11.8 Å². The molecule has 150 valence electrons. The Morgan fingerprint density at radius 2 is 1.97 bits per heavy atom. The van der Waals surface area contributed by atoms with E-state index < -0.39 is 17.8 Å². The molecule has 0 saturated carbocycles. The summed E-state index contributed by atoms with van der Waals surface area (Å²) in [6.45, 7) is 0. The van der Waals surface area contributed by atoms with Crippen LogP contribution in [0.3, 0.4) is 0 Å². The molecule has 8 nitrogen and oxygen atoms in total. The highest BCUT2D eigenvalue weighted by molar-refractivity contribution is 5.72. The molecule has 30 heavy (non-hydrogen) atoms. The predicted octanol–water partition coefficient (Wildman–Crippen LogP) is 3.67. The van der Waals surface area contributed by atoms with Crippen molar-refractivity contribution >= 4 is 11.2 Å². The van der Waals surface area contributed by atoms with Crippen LogP contribution in [0.25, 0.3) is 16.9 Å². The maximum Gasteiger partial charge on any atom is 0.573 e. The minimum Gasteiger partial charge on any atom is -0.439 e. The molecule has 0 aliphatic carbocycles. The van der Waals surface area contributed by atoms with Gasteiger partial charge < -0.3 is 14.5 Å². The summed E-state index contributed by atoms with van der Waals surface area (Å²) in [6, 6.07) is 11.4. The van der Waals surface area contributed by atoms with Crippen molar-refractivity contribution in [2.45, 2.75) is 6.36 Å². The number of nitriles is 1. The largest absolute Gasteiger partial charge is 0.573 e. The van der Waals surface area contributed by atoms with E-state index in [-0.39, 0.29) is 17.2 Å². The quantitative estimate of drug-likeness (QED) is 0.547. The number of ether oxygens (including phenoxy) is 2. The first-order valence-corrected chi connectivity index (χ1v) is 8.34. The van der Waals surface area contributed by atoms with E-state index in [1.165, 1.54) is 22.9 Å². The first-order valence-electron chi connectivity index (χ1n) is 8.34. The molecule has 11 heteroatoms. The molecule has 0 atom stereocenters. The second-order valence-corrected chi connectivity index (χ2v) is 5.91. The minimum atomic E-state index is -4.95. The molecule has 1 N–H and O–H groups in total. The summed E-state index contributed by atoms with van der Waals surface area (Å²) in [5.41, 5.74) is 0.684. The van der Waals surface area contributed by atoms with Crippen LogP contribution in [0.5, 0.6) is 17.4 Å². The normalized spacial score (nSPS) is 11.3. The summed E-state index contributed by atoms with van der Waals surface area (Å²) in [4.78, 5) is 23.1. The number of nitrogens with zero attached hydrogens (tertiary/aromatic N) is 4. The highest BCUT2D eigenvalue weighted by atomic mass is 19.4. The fourth-order valence-electron chi connectivity index (χ4n) is 2.73. The van der Waals surface area contributed by atoms with Gasteiger partial charge in [-0.15, -0.1) is 13.2 Å². The fourth-order valence-corrected chi connectivity index (χ4v) is 2.73. The number of fused-ring (bicyclic) bond motifs is 1. The Hall–Kier alpha value is -4.33. The lowest BCUT2D eigenvalue weighted by Crippen LogP contribution is -2.17. The van der Waals surface area contributed by atoms with Crippen LogP contribution in [0.4, 0.5) is 13.2 Å². The maximum absolute atomic E-state index is 12.5. The molecule has 0 spiro atoms. The molecule has 0 radical (unpaired) electrons. The van der Waals surface area contributed by atoms with E-state index in [1.807, 2.05) is 0 Å². The number of alkyl halides is 3. The molecule has 3 heterocycles. The van der Waals surface area contributed by atoms with Crippen LogP contribution in [-0.2, 0) is 0 Å². The monoisotopic (exact) mass is 413 g/mol. The number of aromatic amines is 1. The summed E-state index contributed by atoms with van der Waals surface area (Å²) < 4.78 is 48.2. The smallest absolute Gasteiger partial charge is 0.439 e. The molecule has 0 fully saturated rings. The van der Waals surface area contributed by atoms with Crippen molar-refractivity contribution in [1.82, 2.24) is 19.5 Å². The highest BCUT2D eigenvalue weighted by Gasteiger charge is 2.32. The zero-order valence-corrected chi connectivity index (χ0v) is 14.8. The van der Waals surface area contributed by atoms with E-state index in [2.05, 4.69) is 19.7 Å². The Labute approximate surface area is 165 Å². The van der Waals surface area contributed by atoms with Gasteiger partial charge in [-0.3, -0.25) is 0 Å². The number of H-pyrrole nitrogens is 1. The zero-order chi connectivity index (χ0) is 21.3. The summed E-state index contributed by atoms with van der Waals surface area (Å²) in [5, 5.41) is 8.93. The third-order valence-electron chi connectivity index (χ3n) is 3.94. The molecular formula is C19H10F3N5O3. The molecule has 0 bridgehead atoms. The Kier molecular flexibility index (Phi) is 4.59. The van der Waals surface area contributed by atoms with Gasteiger partial charge in [-0.05, 0) is 30.3 Å². The Morgan fingerprint density at radius 1 is 1.13 bits per heavy atom. The summed E-state index contributed by atoms with van der Waals surface area (Å²) in [6.07, 6.45) is -2.05.